The molecular weight excluding hydrogens is 214 g/mol. The average molecular weight is 224 g/mol. The van der Waals surface area contributed by atoms with E-state index in [1.54, 1.807) is 26.0 Å². The molecule has 0 atom stereocenters. The fourth-order valence-electron chi connectivity index (χ4n) is 0.816. The van der Waals surface area contributed by atoms with Crippen molar-refractivity contribution in [2.45, 2.75) is 20.0 Å². The van der Waals surface area contributed by atoms with Gasteiger partial charge in [0.1, 0.15) is 5.15 Å². The van der Waals surface area contributed by atoms with Crippen LogP contribution in [0.5, 0.6) is 0 Å². The Morgan fingerprint density at radius 2 is 2.27 bits per heavy atom. The van der Waals surface area contributed by atoms with Crippen LogP contribution in [0.25, 0.3) is 0 Å². The Hall–Kier alpha value is -1.53. The molecule has 4 heteroatoms. The molecule has 1 aromatic rings. The average Bonchev–Trinajstić information content (AvgIpc) is 2.16. The fourth-order valence-corrected chi connectivity index (χ4v) is 0.928. The maximum Gasteiger partial charge on any atom is 0.384 e. The molecule has 0 fully saturated rings. The molecule has 0 aliphatic rings. The van der Waals surface area contributed by atoms with Crippen LogP contribution in [-0.2, 0) is 9.53 Å². The van der Waals surface area contributed by atoms with Crippen LogP contribution in [-0.4, -0.2) is 17.1 Å². The van der Waals surface area contributed by atoms with Crippen LogP contribution in [0.1, 0.15) is 19.4 Å². The van der Waals surface area contributed by atoms with Crippen LogP contribution >= 0.6 is 11.6 Å². The topological polar surface area (TPSA) is 39.2 Å². The monoisotopic (exact) mass is 223 g/mol. The zero-order valence-corrected chi connectivity index (χ0v) is 9.21. The number of carbonyl (C=O) groups is 1. The molecular formula is C11H10ClNO2. The lowest BCUT2D eigenvalue weighted by atomic mass is 10.3. The van der Waals surface area contributed by atoms with Gasteiger partial charge in [0.05, 0.1) is 6.10 Å². The van der Waals surface area contributed by atoms with Crippen LogP contribution < -0.4 is 0 Å². The van der Waals surface area contributed by atoms with Gasteiger partial charge >= 0.3 is 5.97 Å². The van der Waals surface area contributed by atoms with Crippen molar-refractivity contribution in [3.05, 3.63) is 29.0 Å². The highest BCUT2D eigenvalue weighted by atomic mass is 35.5. The predicted molar refractivity (Wildman–Crippen MR) is 57.4 cm³/mol. The van der Waals surface area contributed by atoms with Gasteiger partial charge in [0.25, 0.3) is 0 Å². The number of carbonyl (C=O) groups excluding carboxylic acids is 1. The smallest absolute Gasteiger partial charge is 0.384 e. The minimum absolute atomic E-state index is 0.157. The highest BCUT2D eigenvalue weighted by Crippen LogP contribution is 2.03. The van der Waals surface area contributed by atoms with Crippen LogP contribution in [0.4, 0.5) is 0 Å². The van der Waals surface area contributed by atoms with Gasteiger partial charge in [0, 0.05) is 17.7 Å². The Morgan fingerprint density at radius 1 is 1.53 bits per heavy atom. The van der Waals surface area contributed by atoms with Gasteiger partial charge in [-0.15, -0.1) is 0 Å². The number of halogens is 1. The van der Waals surface area contributed by atoms with E-state index in [-0.39, 0.29) is 6.10 Å². The van der Waals surface area contributed by atoms with E-state index in [4.69, 9.17) is 16.3 Å². The molecule has 0 saturated heterocycles. The summed E-state index contributed by atoms with van der Waals surface area (Å²) in [6.45, 7) is 3.53. The van der Waals surface area contributed by atoms with Crippen LogP contribution in [0.15, 0.2) is 18.3 Å². The summed E-state index contributed by atoms with van der Waals surface area (Å²) in [5.41, 5.74) is 0.625. The Morgan fingerprint density at radius 3 is 2.80 bits per heavy atom. The Bertz CT molecular complexity index is 401. The van der Waals surface area contributed by atoms with E-state index in [0.717, 1.165) is 0 Å². The molecule has 0 aliphatic carbocycles. The van der Waals surface area contributed by atoms with Crippen LogP contribution in [0, 0.1) is 11.8 Å². The minimum Gasteiger partial charge on any atom is -0.453 e. The van der Waals surface area contributed by atoms with E-state index < -0.39 is 5.97 Å². The molecule has 0 aliphatic heterocycles. The molecule has 0 spiro atoms. The van der Waals surface area contributed by atoms with Crippen molar-refractivity contribution < 1.29 is 9.53 Å². The van der Waals surface area contributed by atoms with Crippen molar-refractivity contribution in [2.75, 3.05) is 0 Å². The van der Waals surface area contributed by atoms with Gasteiger partial charge in [-0.3, -0.25) is 0 Å². The highest BCUT2D eigenvalue weighted by molar-refractivity contribution is 6.29. The van der Waals surface area contributed by atoms with E-state index in [2.05, 4.69) is 16.8 Å². The second-order valence-electron chi connectivity index (χ2n) is 3.07. The standard InChI is InChI=1S/C11H10ClNO2/c1-8(2)15-11(14)6-4-9-3-5-10(12)13-7-9/h3,5,7-8H,1-2H3. The third-order valence-electron chi connectivity index (χ3n) is 1.38. The van der Waals surface area contributed by atoms with Crippen LogP contribution in [0.2, 0.25) is 5.15 Å². The Balaban J connectivity index is 2.65. The number of esters is 1. The molecule has 78 valence electrons. The number of hydrogen-bond acceptors (Lipinski definition) is 3. The second kappa shape index (κ2) is 5.38. The lowest BCUT2D eigenvalue weighted by Gasteiger charge is -2.01. The first-order valence-electron chi connectivity index (χ1n) is 4.42. The third kappa shape index (κ3) is 4.48. The first-order valence-corrected chi connectivity index (χ1v) is 4.80. The Kier molecular flexibility index (Phi) is 4.14. The normalized spacial score (nSPS) is 9.33. The first-order chi connectivity index (χ1) is 7.08. The van der Waals surface area contributed by atoms with Crippen molar-refractivity contribution in [3.63, 3.8) is 0 Å². The Labute approximate surface area is 93.4 Å². The third-order valence-corrected chi connectivity index (χ3v) is 1.60. The fraction of sp³-hybridized carbons (Fsp3) is 0.273. The van der Waals surface area contributed by atoms with Gasteiger partial charge in [-0.05, 0) is 26.0 Å². The summed E-state index contributed by atoms with van der Waals surface area (Å²) in [5, 5.41) is 0.394. The van der Waals surface area contributed by atoms with Gasteiger partial charge in [-0.25, -0.2) is 9.78 Å². The van der Waals surface area contributed by atoms with E-state index in [0.29, 0.717) is 10.7 Å². The van der Waals surface area contributed by atoms with Crippen molar-refractivity contribution in [1.82, 2.24) is 4.98 Å². The minimum atomic E-state index is -0.542. The molecule has 0 saturated carbocycles. The molecule has 0 bridgehead atoms. The summed E-state index contributed by atoms with van der Waals surface area (Å²) in [4.78, 5) is 14.9. The molecule has 0 unspecified atom stereocenters. The van der Waals surface area contributed by atoms with Gasteiger partial charge in [-0.2, -0.15) is 0 Å². The van der Waals surface area contributed by atoms with Crippen molar-refractivity contribution in [3.8, 4) is 11.8 Å². The number of hydrogen-bond donors (Lipinski definition) is 0. The molecule has 0 aromatic carbocycles. The van der Waals surface area contributed by atoms with Crippen molar-refractivity contribution in [2.24, 2.45) is 0 Å². The van der Waals surface area contributed by atoms with Gasteiger partial charge in [0.15, 0.2) is 0 Å². The molecule has 15 heavy (non-hydrogen) atoms. The molecule has 1 rings (SSSR count). The molecule has 1 heterocycles. The summed E-state index contributed by atoms with van der Waals surface area (Å²) in [6, 6.07) is 3.30. The summed E-state index contributed by atoms with van der Waals surface area (Å²) < 4.78 is 4.84. The van der Waals surface area contributed by atoms with E-state index in [1.165, 1.54) is 6.20 Å². The SMILES string of the molecule is CC(C)OC(=O)C#Cc1ccc(Cl)nc1. The summed E-state index contributed by atoms with van der Waals surface area (Å²) in [5.74, 6) is 4.45. The summed E-state index contributed by atoms with van der Waals surface area (Å²) in [6.07, 6.45) is 1.34. The van der Waals surface area contributed by atoms with Crippen LogP contribution in [0.3, 0.4) is 0 Å². The lowest BCUT2D eigenvalue weighted by Crippen LogP contribution is -2.08. The first kappa shape index (κ1) is 11.5. The van der Waals surface area contributed by atoms with Gasteiger partial charge in [-0.1, -0.05) is 17.5 Å². The van der Waals surface area contributed by atoms with Crippen molar-refractivity contribution in [1.29, 1.82) is 0 Å². The summed E-state index contributed by atoms with van der Waals surface area (Å²) >= 11 is 5.59. The molecule has 3 nitrogen and oxygen atoms in total. The number of pyridine rings is 1. The quantitative estimate of drug-likeness (QED) is 0.416. The molecule has 0 radical (unpaired) electrons. The molecule has 0 amide bonds. The number of rotatable bonds is 1. The van der Waals surface area contributed by atoms with Crippen molar-refractivity contribution >= 4 is 17.6 Å². The number of ether oxygens (including phenoxy) is 1. The second-order valence-corrected chi connectivity index (χ2v) is 3.46. The van der Waals surface area contributed by atoms with E-state index in [9.17, 15) is 4.79 Å². The highest BCUT2D eigenvalue weighted by Gasteiger charge is 1.99. The zero-order chi connectivity index (χ0) is 11.3. The zero-order valence-electron chi connectivity index (χ0n) is 8.45. The van der Waals surface area contributed by atoms with E-state index in [1.807, 2.05) is 0 Å². The maximum absolute atomic E-state index is 11.1. The van der Waals surface area contributed by atoms with Gasteiger partial charge < -0.3 is 4.74 Å². The number of nitrogens with zero attached hydrogens (tertiary/aromatic N) is 1. The largest absolute Gasteiger partial charge is 0.453 e. The summed E-state index contributed by atoms with van der Waals surface area (Å²) in [7, 11) is 0. The molecule has 0 N–H and O–H groups in total. The maximum atomic E-state index is 11.1. The van der Waals surface area contributed by atoms with Gasteiger partial charge in [0.2, 0.25) is 0 Å². The predicted octanol–water partition coefficient (Wildman–Crippen LogP) is 2.04. The molecule has 1 aromatic heterocycles. The number of aromatic nitrogens is 1. The lowest BCUT2D eigenvalue weighted by molar-refractivity contribution is -0.140. The van der Waals surface area contributed by atoms with E-state index >= 15 is 0 Å².